The van der Waals surface area contributed by atoms with E-state index in [0.717, 1.165) is 5.69 Å². The summed E-state index contributed by atoms with van der Waals surface area (Å²) >= 11 is 1.29. The number of thiazole rings is 1. The van der Waals surface area contributed by atoms with Crippen molar-refractivity contribution in [1.82, 2.24) is 19.9 Å². The highest BCUT2D eigenvalue weighted by Crippen LogP contribution is 2.30. The third kappa shape index (κ3) is 5.17. The quantitative estimate of drug-likeness (QED) is 0.409. The maximum atomic E-state index is 12.3. The van der Waals surface area contributed by atoms with E-state index in [-0.39, 0.29) is 29.2 Å². The van der Waals surface area contributed by atoms with Gasteiger partial charge in [0.25, 0.3) is 0 Å². The number of rotatable bonds is 6. The standard InChI is InChI=1S/C23H18N8OS/c1-15(32)31(19-10-6-3-7-11-19)23-27-18(14-33-23)12-16(13-24)20-28-21(25)30-22(29-20)26-17-8-4-2-5-9-17/h2-12,14H,1H3,(H3,25,26,28,29,30). The number of nitrogens with zero attached hydrogens (tertiary/aromatic N) is 6. The van der Waals surface area contributed by atoms with Crippen LogP contribution in [0.15, 0.2) is 66.0 Å². The van der Waals surface area contributed by atoms with E-state index in [1.54, 1.807) is 11.5 Å². The molecule has 0 radical (unpaired) electrons. The summed E-state index contributed by atoms with van der Waals surface area (Å²) in [7, 11) is 0. The van der Waals surface area contributed by atoms with Crippen LogP contribution in [0.1, 0.15) is 18.4 Å². The lowest BCUT2D eigenvalue weighted by molar-refractivity contribution is -0.115. The lowest BCUT2D eigenvalue weighted by Crippen LogP contribution is -2.22. The zero-order valence-electron chi connectivity index (χ0n) is 17.5. The molecular formula is C23H18N8OS. The lowest BCUT2D eigenvalue weighted by Gasteiger charge is -2.17. The molecule has 10 heteroatoms. The fourth-order valence-corrected chi connectivity index (χ4v) is 3.81. The molecule has 0 aliphatic heterocycles. The second kappa shape index (κ2) is 9.67. The summed E-state index contributed by atoms with van der Waals surface area (Å²) in [6.45, 7) is 1.47. The van der Waals surface area contributed by atoms with Crippen LogP contribution >= 0.6 is 11.3 Å². The molecule has 33 heavy (non-hydrogen) atoms. The van der Waals surface area contributed by atoms with Crippen LogP contribution in [0.5, 0.6) is 0 Å². The first-order valence-corrected chi connectivity index (χ1v) is 10.7. The molecule has 2 aromatic carbocycles. The van der Waals surface area contributed by atoms with Gasteiger partial charge in [-0.05, 0) is 30.3 Å². The first kappa shape index (κ1) is 21.6. The number of amides is 1. The van der Waals surface area contributed by atoms with Gasteiger partial charge in [0.15, 0.2) is 11.0 Å². The predicted octanol–water partition coefficient (Wildman–Crippen LogP) is 4.40. The lowest BCUT2D eigenvalue weighted by atomic mass is 10.2. The average molecular weight is 455 g/mol. The van der Waals surface area contributed by atoms with Gasteiger partial charge in [0.2, 0.25) is 17.8 Å². The maximum Gasteiger partial charge on any atom is 0.232 e. The van der Waals surface area contributed by atoms with Crippen molar-refractivity contribution in [3.63, 3.8) is 0 Å². The number of nitriles is 1. The molecule has 0 unspecified atom stereocenters. The Labute approximate surface area is 193 Å². The fraction of sp³-hybridized carbons (Fsp3) is 0.0435. The second-order valence-corrected chi connectivity index (χ2v) is 7.58. The molecule has 0 aliphatic rings. The Bertz CT molecular complexity index is 1350. The number of nitrogens with one attached hydrogen (secondary N) is 1. The van der Waals surface area contributed by atoms with E-state index in [9.17, 15) is 10.1 Å². The van der Waals surface area contributed by atoms with Crippen LogP contribution in [0.2, 0.25) is 0 Å². The van der Waals surface area contributed by atoms with Crippen molar-refractivity contribution in [3.05, 3.63) is 77.6 Å². The van der Waals surface area contributed by atoms with E-state index in [2.05, 4.69) is 31.3 Å². The van der Waals surface area contributed by atoms with E-state index in [0.29, 0.717) is 16.5 Å². The highest BCUT2D eigenvalue weighted by atomic mass is 32.1. The van der Waals surface area contributed by atoms with E-state index in [4.69, 9.17) is 5.73 Å². The molecule has 0 fully saturated rings. The topological polar surface area (TPSA) is 134 Å². The van der Waals surface area contributed by atoms with Gasteiger partial charge in [0.05, 0.1) is 17.0 Å². The van der Waals surface area contributed by atoms with E-state index >= 15 is 0 Å². The number of carbonyl (C=O) groups is 1. The Morgan fingerprint density at radius 2 is 1.76 bits per heavy atom. The zero-order valence-corrected chi connectivity index (χ0v) is 18.3. The molecule has 4 aromatic rings. The van der Waals surface area contributed by atoms with Crippen LogP contribution in [-0.2, 0) is 4.79 Å². The van der Waals surface area contributed by atoms with Gasteiger partial charge in [-0.25, -0.2) is 4.98 Å². The summed E-state index contributed by atoms with van der Waals surface area (Å²) in [5, 5.41) is 15.0. The van der Waals surface area contributed by atoms with Crippen molar-refractivity contribution in [2.24, 2.45) is 0 Å². The third-order valence-electron chi connectivity index (χ3n) is 4.37. The van der Waals surface area contributed by atoms with E-state index < -0.39 is 0 Å². The summed E-state index contributed by atoms with van der Waals surface area (Å²) in [6.07, 6.45) is 1.55. The molecule has 3 N–H and O–H groups in total. The van der Waals surface area contributed by atoms with Crippen molar-refractivity contribution in [3.8, 4) is 6.07 Å². The minimum absolute atomic E-state index is 0.0228. The Morgan fingerprint density at radius 1 is 1.06 bits per heavy atom. The number of hydrogen-bond donors (Lipinski definition) is 2. The Kier molecular flexibility index (Phi) is 6.33. The number of anilines is 5. The normalized spacial score (nSPS) is 11.0. The number of nitrogen functional groups attached to an aromatic ring is 1. The average Bonchev–Trinajstić information content (AvgIpc) is 3.26. The number of allylic oxidation sites excluding steroid dienone is 1. The third-order valence-corrected chi connectivity index (χ3v) is 5.21. The monoisotopic (exact) mass is 454 g/mol. The zero-order chi connectivity index (χ0) is 23.2. The Hall–Kier alpha value is -4.62. The highest BCUT2D eigenvalue weighted by molar-refractivity contribution is 7.14. The van der Waals surface area contributed by atoms with Crippen LogP contribution in [-0.4, -0.2) is 25.8 Å². The van der Waals surface area contributed by atoms with Gasteiger partial charge in [-0.3, -0.25) is 9.69 Å². The van der Waals surface area contributed by atoms with Crippen molar-refractivity contribution < 1.29 is 4.79 Å². The maximum absolute atomic E-state index is 12.3. The highest BCUT2D eigenvalue weighted by Gasteiger charge is 2.18. The molecular weight excluding hydrogens is 436 g/mol. The number of hydrogen-bond acceptors (Lipinski definition) is 9. The molecule has 162 valence electrons. The molecule has 0 spiro atoms. The smallest absolute Gasteiger partial charge is 0.232 e. The van der Waals surface area contributed by atoms with Crippen LogP contribution in [0, 0.1) is 11.3 Å². The minimum atomic E-state index is -0.173. The fourth-order valence-electron chi connectivity index (χ4n) is 2.96. The first-order valence-electron chi connectivity index (χ1n) is 9.80. The summed E-state index contributed by atoms with van der Waals surface area (Å²) in [4.78, 5) is 30.8. The molecule has 0 aliphatic carbocycles. The largest absolute Gasteiger partial charge is 0.368 e. The van der Waals surface area contributed by atoms with E-state index in [1.807, 2.05) is 60.7 Å². The van der Waals surface area contributed by atoms with Crippen LogP contribution in [0.25, 0.3) is 11.6 Å². The summed E-state index contributed by atoms with van der Waals surface area (Å²) in [5.74, 6) is 0.138. The van der Waals surface area contributed by atoms with Gasteiger partial charge in [-0.15, -0.1) is 11.3 Å². The van der Waals surface area contributed by atoms with Gasteiger partial charge in [-0.2, -0.15) is 20.2 Å². The molecule has 2 aromatic heterocycles. The minimum Gasteiger partial charge on any atom is -0.368 e. The van der Waals surface area contributed by atoms with Crippen LogP contribution in [0.3, 0.4) is 0 Å². The van der Waals surface area contributed by atoms with Crippen LogP contribution < -0.4 is 16.0 Å². The molecule has 9 nitrogen and oxygen atoms in total. The molecule has 4 rings (SSSR count). The summed E-state index contributed by atoms with van der Waals surface area (Å²) < 4.78 is 0. The van der Waals surface area contributed by atoms with Gasteiger partial charge in [0, 0.05) is 18.0 Å². The number of para-hydroxylation sites is 2. The Balaban J connectivity index is 1.64. The molecule has 0 atom stereocenters. The van der Waals surface area contributed by atoms with Gasteiger partial charge < -0.3 is 11.1 Å². The molecule has 0 saturated carbocycles. The number of nitrogens with two attached hydrogens (primary N) is 1. The van der Waals surface area contributed by atoms with Crippen molar-refractivity contribution in [2.75, 3.05) is 16.0 Å². The Morgan fingerprint density at radius 3 is 2.42 bits per heavy atom. The number of carbonyl (C=O) groups excluding carboxylic acids is 1. The predicted molar refractivity (Wildman–Crippen MR) is 129 cm³/mol. The first-order chi connectivity index (χ1) is 16.0. The van der Waals surface area contributed by atoms with Crippen molar-refractivity contribution >= 4 is 57.3 Å². The van der Waals surface area contributed by atoms with Gasteiger partial charge >= 0.3 is 0 Å². The molecule has 2 heterocycles. The molecule has 1 amide bonds. The van der Waals surface area contributed by atoms with Crippen molar-refractivity contribution in [1.29, 1.82) is 5.26 Å². The molecule has 0 bridgehead atoms. The van der Waals surface area contributed by atoms with Crippen molar-refractivity contribution in [2.45, 2.75) is 6.92 Å². The second-order valence-electron chi connectivity index (χ2n) is 6.75. The SMILES string of the molecule is CC(=O)N(c1ccccc1)c1nc(C=C(C#N)c2nc(N)nc(Nc3ccccc3)n2)cs1. The van der Waals surface area contributed by atoms with E-state index in [1.165, 1.54) is 23.2 Å². The van der Waals surface area contributed by atoms with Gasteiger partial charge in [-0.1, -0.05) is 36.4 Å². The van der Waals surface area contributed by atoms with Crippen LogP contribution in [0.4, 0.5) is 28.4 Å². The summed E-state index contributed by atoms with van der Waals surface area (Å²) in [6, 6.07) is 20.6. The number of benzene rings is 2. The molecule has 0 saturated heterocycles. The number of aromatic nitrogens is 4. The van der Waals surface area contributed by atoms with Gasteiger partial charge in [0.1, 0.15) is 6.07 Å². The summed E-state index contributed by atoms with van der Waals surface area (Å²) in [5.41, 5.74) is 7.97.